The Hall–Kier alpha value is -0.0800. The van der Waals surface area contributed by atoms with Crippen LogP contribution in [0.1, 0.15) is 97.3 Å². The minimum atomic E-state index is 0.0723. The van der Waals surface area contributed by atoms with Crippen molar-refractivity contribution in [2.24, 2.45) is 0 Å². The second-order valence-corrected chi connectivity index (χ2v) is 5.94. The zero-order valence-corrected chi connectivity index (χ0v) is 14.0. The maximum atomic E-state index is 9.11. The van der Waals surface area contributed by atoms with Crippen LogP contribution < -0.4 is 0 Å². The number of ether oxygens (including phenoxy) is 1. The number of rotatable bonds is 16. The third-order valence-corrected chi connectivity index (χ3v) is 3.99. The summed E-state index contributed by atoms with van der Waals surface area (Å²) in [4.78, 5) is 0. The molecule has 20 heavy (non-hydrogen) atoms. The number of unbranched alkanes of at least 4 members (excludes halogenated alkanes) is 11. The molecule has 0 saturated heterocycles. The standard InChI is InChI=1S/C18H38O2/c1-3-5-6-7-8-9-10-11-12-13-14-15-16-18(17-19)20-4-2/h18-19H,3-17H2,1-2H3. The lowest BCUT2D eigenvalue weighted by Gasteiger charge is -2.13. The van der Waals surface area contributed by atoms with E-state index in [1.807, 2.05) is 6.92 Å². The van der Waals surface area contributed by atoms with E-state index in [1.165, 1.54) is 77.0 Å². The van der Waals surface area contributed by atoms with Crippen molar-refractivity contribution in [3.63, 3.8) is 0 Å². The molecule has 0 bridgehead atoms. The van der Waals surface area contributed by atoms with E-state index in [4.69, 9.17) is 9.84 Å². The summed E-state index contributed by atoms with van der Waals surface area (Å²) in [6, 6.07) is 0. The van der Waals surface area contributed by atoms with Crippen LogP contribution in [0.15, 0.2) is 0 Å². The second-order valence-electron chi connectivity index (χ2n) is 5.94. The fraction of sp³-hybridized carbons (Fsp3) is 1.00. The van der Waals surface area contributed by atoms with E-state index in [2.05, 4.69) is 6.92 Å². The van der Waals surface area contributed by atoms with Gasteiger partial charge >= 0.3 is 0 Å². The number of aliphatic hydroxyl groups excluding tert-OH is 1. The van der Waals surface area contributed by atoms with Gasteiger partial charge < -0.3 is 9.84 Å². The van der Waals surface area contributed by atoms with E-state index in [0.29, 0.717) is 6.61 Å². The molecule has 1 atom stereocenters. The normalized spacial score (nSPS) is 12.8. The lowest BCUT2D eigenvalue weighted by atomic mass is 10.0. The summed E-state index contributed by atoms with van der Waals surface area (Å²) in [5, 5.41) is 9.11. The molecular formula is C18H38O2. The predicted molar refractivity (Wildman–Crippen MR) is 88.2 cm³/mol. The van der Waals surface area contributed by atoms with E-state index < -0.39 is 0 Å². The molecule has 0 aliphatic carbocycles. The van der Waals surface area contributed by atoms with Crippen molar-refractivity contribution < 1.29 is 9.84 Å². The van der Waals surface area contributed by atoms with Crippen LogP contribution >= 0.6 is 0 Å². The molecule has 0 heterocycles. The van der Waals surface area contributed by atoms with Gasteiger partial charge in [-0.05, 0) is 13.3 Å². The molecule has 1 N–H and O–H groups in total. The Labute approximate surface area is 127 Å². The van der Waals surface area contributed by atoms with Gasteiger partial charge in [0.2, 0.25) is 0 Å². The summed E-state index contributed by atoms with van der Waals surface area (Å²) in [6.45, 7) is 5.15. The van der Waals surface area contributed by atoms with Gasteiger partial charge in [-0.2, -0.15) is 0 Å². The summed E-state index contributed by atoms with van der Waals surface area (Å²) < 4.78 is 5.44. The average molecular weight is 286 g/mol. The van der Waals surface area contributed by atoms with Gasteiger partial charge in [0.05, 0.1) is 12.7 Å². The van der Waals surface area contributed by atoms with Crippen LogP contribution in [-0.4, -0.2) is 24.4 Å². The van der Waals surface area contributed by atoms with Crippen molar-refractivity contribution in [2.75, 3.05) is 13.2 Å². The smallest absolute Gasteiger partial charge is 0.0805 e. The second kappa shape index (κ2) is 17.0. The fourth-order valence-corrected chi connectivity index (χ4v) is 2.68. The van der Waals surface area contributed by atoms with E-state index >= 15 is 0 Å². The first-order valence-corrected chi connectivity index (χ1v) is 9.07. The van der Waals surface area contributed by atoms with Gasteiger partial charge in [-0.1, -0.05) is 84.0 Å². The zero-order valence-electron chi connectivity index (χ0n) is 14.0. The van der Waals surface area contributed by atoms with Crippen LogP contribution in [0.4, 0.5) is 0 Å². The highest BCUT2D eigenvalue weighted by molar-refractivity contribution is 4.56. The summed E-state index contributed by atoms with van der Waals surface area (Å²) in [5.74, 6) is 0. The van der Waals surface area contributed by atoms with Crippen LogP contribution in [0.3, 0.4) is 0 Å². The molecule has 2 heteroatoms. The Morgan fingerprint density at radius 3 is 1.55 bits per heavy atom. The highest BCUT2D eigenvalue weighted by atomic mass is 16.5. The zero-order chi connectivity index (χ0) is 14.9. The molecule has 0 spiro atoms. The minimum Gasteiger partial charge on any atom is -0.394 e. The van der Waals surface area contributed by atoms with Crippen LogP contribution in [0.5, 0.6) is 0 Å². The third kappa shape index (κ3) is 14.3. The molecule has 0 fully saturated rings. The molecule has 122 valence electrons. The van der Waals surface area contributed by atoms with Gasteiger partial charge in [0.1, 0.15) is 0 Å². The van der Waals surface area contributed by atoms with Gasteiger partial charge in [0.25, 0.3) is 0 Å². The lowest BCUT2D eigenvalue weighted by molar-refractivity contribution is 0.0136. The predicted octanol–water partition coefficient (Wildman–Crippen LogP) is 5.48. The number of hydrogen-bond donors (Lipinski definition) is 1. The summed E-state index contributed by atoms with van der Waals surface area (Å²) >= 11 is 0. The first kappa shape index (κ1) is 19.9. The van der Waals surface area contributed by atoms with E-state index in [-0.39, 0.29) is 12.7 Å². The number of aliphatic hydroxyl groups is 1. The first-order chi connectivity index (χ1) is 9.85. The summed E-state index contributed by atoms with van der Waals surface area (Å²) in [5.41, 5.74) is 0. The highest BCUT2D eigenvalue weighted by Gasteiger charge is 2.05. The fourth-order valence-electron chi connectivity index (χ4n) is 2.68. The lowest BCUT2D eigenvalue weighted by Crippen LogP contribution is -2.17. The molecule has 0 amide bonds. The SMILES string of the molecule is CCCCCCCCCCCCCCC(CO)OCC. The first-order valence-electron chi connectivity index (χ1n) is 9.07. The van der Waals surface area contributed by atoms with Crippen molar-refractivity contribution in [3.8, 4) is 0 Å². The Balaban J connectivity index is 3.09. The van der Waals surface area contributed by atoms with Crippen LogP contribution in [0.2, 0.25) is 0 Å². The monoisotopic (exact) mass is 286 g/mol. The topological polar surface area (TPSA) is 29.5 Å². The molecule has 0 aromatic carbocycles. The van der Waals surface area contributed by atoms with Crippen molar-refractivity contribution in [2.45, 2.75) is 103 Å². The molecule has 0 aliphatic rings. The molecular weight excluding hydrogens is 248 g/mol. The number of hydrogen-bond acceptors (Lipinski definition) is 2. The van der Waals surface area contributed by atoms with Crippen molar-refractivity contribution in [1.29, 1.82) is 0 Å². The van der Waals surface area contributed by atoms with Gasteiger partial charge in [-0.3, -0.25) is 0 Å². The Morgan fingerprint density at radius 1 is 0.700 bits per heavy atom. The molecule has 2 nitrogen and oxygen atoms in total. The Bertz CT molecular complexity index is 171. The third-order valence-electron chi connectivity index (χ3n) is 3.99. The summed E-state index contributed by atoms with van der Waals surface area (Å²) in [6.07, 6.45) is 17.6. The van der Waals surface area contributed by atoms with Gasteiger partial charge in [0.15, 0.2) is 0 Å². The molecule has 0 rings (SSSR count). The largest absolute Gasteiger partial charge is 0.394 e. The summed E-state index contributed by atoms with van der Waals surface area (Å²) in [7, 11) is 0. The molecule has 0 aliphatic heterocycles. The van der Waals surface area contributed by atoms with Crippen LogP contribution in [-0.2, 0) is 4.74 Å². The van der Waals surface area contributed by atoms with E-state index in [0.717, 1.165) is 6.42 Å². The quantitative estimate of drug-likeness (QED) is 0.381. The maximum Gasteiger partial charge on any atom is 0.0805 e. The van der Waals surface area contributed by atoms with Crippen LogP contribution in [0, 0.1) is 0 Å². The van der Waals surface area contributed by atoms with Crippen molar-refractivity contribution in [1.82, 2.24) is 0 Å². The Morgan fingerprint density at radius 2 is 1.15 bits per heavy atom. The van der Waals surface area contributed by atoms with Gasteiger partial charge in [0, 0.05) is 6.61 Å². The van der Waals surface area contributed by atoms with E-state index in [9.17, 15) is 0 Å². The molecule has 0 saturated carbocycles. The Kier molecular flexibility index (Phi) is 16.9. The van der Waals surface area contributed by atoms with Crippen molar-refractivity contribution >= 4 is 0 Å². The molecule has 0 aromatic rings. The molecule has 0 aromatic heterocycles. The maximum absolute atomic E-state index is 9.11. The van der Waals surface area contributed by atoms with Gasteiger partial charge in [-0.15, -0.1) is 0 Å². The van der Waals surface area contributed by atoms with Crippen LogP contribution in [0.25, 0.3) is 0 Å². The van der Waals surface area contributed by atoms with Crippen molar-refractivity contribution in [3.05, 3.63) is 0 Å². The molecule has 0 radical (unpaired) electrons. The average Bonchev–Trinajstić information content (AvgIpc) is 2.47. The van der Waals surface area contributed by atoms with E-state index in [1.54, 1.807) is 0 Å². The highest BCUT2D eigenvalue weighted by Crippen LogP contribution is 2.13. The van der Waals surface area contributed by atoms with Gasteiger partial charge in [-0.25, -0.2) is 0 Å². The molecule has 1 unspecified atom stereocenters. The minimum absolute atomic E-state index is 0.0723.